The number of aromatic amines is 1. The van der Waals surface area contributed by atoms with Gasteiger partial charge >= 0.3 is 0 Å². The van der Waals surface area contributed by atoms with Gasteiger partial charge in [0.15, 0.2) is 0 Å². The number of aryl methyl sites for hydroxylation is 1. The summed E-state index contributed by atoms with van der Waals surface area (Å²) >= 11 is 0. The molecule has 1 saturated heterocycles. The molecule has 31 heavy (non-hydrogen) atoms. The molecule has 1 fully saturated rings. The predicted molar refractivity (Wildman–Crippen MR) is 125 cm³/mol. The molecule has 0 bridgehead atoms. The molecule has 3 N–H and O–H groups in total. The van der Waals surface area contributed by atoms with Gasteiger partial charge < -0.3 is 20.5 Å². The molecule has 0 unspecified atom stereocenters. The maximum absolute atomic E-state index is 13.2. The van der Waals surface area contributed by atoms with E-state index in [1.807, 2.05) is 25.1 Å². The number of H-pyrrole nitrogens is 1. The normalized spacial score (nSPS) is 17.3. The summed E-state index contributed by atoms with van der Waals surface area (Å²) in [5.41, 5.74) is 5.22. The molecule has 0 atom stereocenters. The lowest BCUT2D eigenvalue weighted by Gasteiger charge is -2.37. The zero-order valence-corrected chi connectivity index (χ0v) is 18.5. The Hall–Kier alpha value is -2.86. The monoisotopic (exact) mass is 420 g/mol. The standard InChI is InChI=1S/C25H32N4O2/c1-3-29(19-11-13-26-14-12-19)23-10-6-9-21-20(23)8-5-4-7-18-15-17(2)28-25(31)22(18)16-27-24(21)30/h4-6,9-10,15,19,26H,3,7-8,11-14,16H2,1-2H3,(H,27,30)(H,28,31). The minimum Gasteiger partial charge on any atom is -0.368 e. The number of nitrogens with zero attached hydrogens (tertiary/aromatic N) is 1. The largest absolute Gasteiger partial charge is 0.368 e. The summed E-state index contributed by atoms with van der Waals surface area (Å²) in [5.74, 6) is -0.126. The van der Waals surface area contributed by atoms with Crippen LogP contribution in [-0.2, 0) is 19.4 Å². The van der Waals surface area contributed by atoms with E-state index in [1.165, 1.54) is 0 Å². The van der Waals surface area contributed by atoms with E-state index in [0.29, 0.717) is 30.0 Å². The maximum atomic E-state index is 13.2. The number of nitrogens with one attached hydrogen (secondary N) is 3. The third-order valence-corrected chi connectivity index (χ3v) is 6.41. The highest BCUT2D eigenvalue weighted by molar-refractivity contribution is 5.97. The highest BCUT2D eigenvalue weighted by atomic mass is 16.1. The van der Waals surface area contributed by atoms with E-state index in [0.717, 1.165) is 55.0 Å². The lowest BCUT2D eigenvalue weighted by molar-refractivity contribution is 0.0950. The molecule has 3 heterocycles. The first-order valence-electron chi connectivity index (χ1n) is 11.3. The Kier molecular flexibility index (Phi) is 6.56. The topological polar surface area (TPSA) is 77.2 Å². The van der Waals surface area contributed by atoms with Crippen molar-refractivity contribution in [2.75, 3.05) is 24.5 Å². The average molecular weight is 421 g/mol. The van der Waals surface area contributed by atoms with Gasteiger partial charge in [-0.2, -0.15) is 0 Å². The van der Waals surface area contributed by atoms with Crippen LogP contribution in [0.25, 0.3) is 0 Å². The van der Waals surface area contributed by atoms with Crippen molar-refractivity contribution in [3.8, 4) is 0 Å². The first-order valence-corrected chi connectivity index (χ1v) is 11.3. The molecule has 1 amide bonds. The summed E-state index contributed by atoms with van der Waals surface area (Å²) in [6, 6.07) is 8.50. The number of rotatable bonds is 3. The van der Waals surface area contributed by atoms with Crippen LogP contribution >= 0.6 is 0 Å². The molecule has 4 rings (SSSR count). The quantitative estimate of drug-likeness (QED) is 0.668. The third kappa shape index (κ3) is 4.59. The summed E-state index contributed by atoms with van der Waals surface area (Å²) in [5, 5.41) is 6.44. The van der Waals surface area contributed by atoms with Crippen LogP contribution in [0.3, 0.4) is 0 Å². The van der Waals surface area contributed by atoms with Crippen molar-refractivity contribution in [1.29, 1.82) is 0 Å². The maximum Gasteiger partial charge on any atom is 0.253 e. The number of allylic oxidation sites excluding steroid dienone is 2. The van der Waals surface area contributed by atoms with E-state index in [2.05, 4.69) is 45.7 Å². The number of benzene rings is 1. The Morgan fingerprint density at radius 2 is 1.84 bits per heavy atom. The van der Waals surface area contributed by atoms with E-state index < -0.39 is 0 Å². The molecule has 6 nitrogen and oxygen atoms in total. The van der Waals surface area contributed by atoms with Gasteiger partial charge in [0.05, 0.1) is 0 Å². The fraction of sp³-hybridized carbons (Fsp3) is 0.440. The zero-order chi connectivity index (χ0) is 21.8. The predicted octanol–water partition coefficient (Wildman–Crippen LogP) is 2.85. The number of piperidine rings is 1. The SMILES string of the molecule is CCN(c1cccc2c1CC=CCc1cc(C)[nH]c(=O)c1CNC2=O)C1CCNCC1. The van der Waals surface area contributed by atoms with Crippen LogP contribution < -0.4 is 21.1 Å². The van der Waals surface area contributed by atoms with Crippen molar-refractivity contribution in [1.82, 2.24) is 15.6 Å². The summed E-state index contributed by atoms with van der Waals surface area (Å²) in [6.45, 7) is 7.27. The molecule has 0 aliphatic carbocycles. The molecule has 164 valence electrons. The van der Waals surface area contributed by atoms with Crippen LogP contribution in [0.4, 0.5) is 5.69 Å². The van der Waals surface area contributed by atoms with E-state index >= 15 is 0 Å². The van der Waals surface area contributed by atoms with Gasteiger partial charge in [-0.25, -0.2) is 0 Å². The number of carbonyl (C=O) groups excluding carboxylic acids is 1. The second kappa shape index (κ2) is 9.52. The molecule has 0 saturated carbocycles. The van der Waals surface area contributed by atoms with Gasteiger partial charge in [-0.05, 0) is 81.9 Å². The molecule has 0 radical (unpaired) electrons. The number of amides is 1. The Balaban J connectivity index is 1.72. The van der Waals surface area contributed by atoms with Crippen molar-refractivity contribution in [3.63, 3.8) is 0 Å². The van der Waals surface area contributed by atoms with Crippen molar-refractivity contribution in [2.24, 2.45) is 0 Å². The van der Waals surface area contributed by atoms with Crippen LogP contribution in [0.2, 0.25) is 0 Å². The molecule has 2 aliphatic heterocycles. The molecule has 2 aliphatic rings. The van der Waals surface area contributed by atoms with Crippen molar-refractivity contribution in [2.45, 2.75) is 52.1 Å². The van der Waals surface area contributed by atoms with Crippen LogP contribution in [0.1, 0.15) is 52.5 Å². The average Bonchev–Trinajstić information content (AvgIpc) is 2.80. The number of anilines is 1. The van der Waals surface area contributed by atoms with Crippen molar-refractivity contribution < 1.29 is 4.79 Å². The first-order chi connectivity index (χ1) is 15.1. The van der Waals surface area contributed by atoms with Gasteiger partial charge in [-0.1, -0.05) is 18.2 Å². The second-order valence-corrected chi connectivity index (χ2v) is 8.42. The highest BCUT2D eigenvalue weighted by Crippen LogP contribution is 2.29. The fourth-order valence-electron chi connectivity index (χ4n) is 4.85. The molecular weight excluding hydrogens is 388 g/mol. The number of fused-ring (bicyclic) bond motifs is 2. The molecule has 1 aromatic carbocycles. The minimum absolute atomic E-state index is 0.125. The van der Waals surface area contributed by atoms with Crippen LogP contribution in [0, 0.1) is 6.92 Å². The van der Waals surface area contributed by atoms with Crippen LogP contribution in [0.15, 0.2) is 41.2 Å². The van der Waals surface area contributed by atoms with Crippen molar-refractivity contribution in [3.05, 3.63) is 74.7 Å². The smallest absolute Gasteiger partial charge is 0.253 e. The fourth-order valence-corrected chi connectivity index (χ4v) is 4.85. The van der Waals surface area contributed by atoms with Gasteiger partial charge in [-0.3, -0.25) is 9.59 Å². The Morgan fingerprint density at radius 1 is 1.06 bits per heavy atom. The Bertz CT molecular complexity index is 1030. The molecule has 1 aromatic heterocycles. The summed E-state index contributed by atoms with van der Waals surface area (Å²) in [6.07, 6.45) is 7.84. The molecule has 2 aromatic rings. The van der Waals surface area contributed by atoms with Gasteiger partial charge in [0.1, 0.15) is 0 Å². The number of hydrogen-bond donors (Lipinski definition) is 3. The number of pyridine rings is 1. The number of carbonyl (C=O) groups is 1. The van der Waals surface area contributed by atoms with Crippen LogP contribution in [0.5, 0.6) is 0 Å². The van der Waals surface area contributed by atoms with Gasteiger partial charge in [0.25, 0.3) is 11.5 Å². The van der Waals surface area contributed by atoms with E-state index in [1.54, 1.807) is 0 Å². The summed E-state index contributed by atoms with van der Waals surface area (Å²) < 4.78 is 0. The van der Waals surface area contributed by atoms with Gasteiger partial charge in [0, 0.05) is 41.6 Å². The summed E-state index contributed by atoms with van der Waals surface area (Å²) in [4.78, 5) is 31.0. The lowest BCUT2D eigenvalue weighted by Crippen LogP contribution is -2.43. The molecule has 0 spiro atoms. The van der Waals surface area contributed by atoms with Crippen molar-refractivity contribution >= 4 is 11.6 Å². The van der Waals surface area contributed by atoms with E-state index in [-0.39, 0.29) is 18.0 Å². The Morgan fingerprint density at radius 3 is 2.61 bits per heavy atom. The molecular formula is C25H32N4O2. The van der Waals surface area contributed by atoms with Gasteiger partial charge in [-0.15, -0.1) is 0 Å². The summed E-state index contributed by atoms with van der Waals surface area (Å²) in [7, 11) is 0. The minimum atomic E-state index is -0.126. The van der Waals surface area contributed by atoms with Crippen LogP contribution in [-0.4, -0.2) is 36.6 Å². The van der Waals surface area contributed by atoms with E-state index in [4.69, 9.17) is 0 Å². The first kappa shape index (κ1) is 21.4. The number of hydrogen-bond acceptors (Lipinski definition) is 4. The second-order valence-electron chi connectivity index (χ2n) is 8.42. The zero-order valence-electron chi connectivity index (χ0n) is 18.5. The molecule has 6 heteroatoms. The van der Waals surface area contributed by atoms with E-state index in [9.17, 15) is 9.59 Å². The highest BCUT2D eigenvalue weighted by Gasteiger charge is 2.24. The van der Waals surface area contributed by atoms with Gasteiger partial charge in [0.2, 0.25) is 0 Å². The Labute approximate surface area is 183 Å². The number of aromatic nitrogens is 1. The third-order valence-electron chi connectivity index (χ3n) is 6.41. The lowest BCUT2D eigenvalue weighted by atomic mass is 9.97.